The van der Waals surface area contributed by atoms with E-state index in [1.54, 1.807) is 43.2 Å². The molecule has 0 saturated carbocycles. The smallest absolute Gasteiger partial charge is 0.257 e. The summed E-state index contributed by atoms with van der Waals surface area (Å²) in [6.45, 7) is 6.56. The van der Waals surface area contributed by atoms with E-state index < -0.39 is 5.82 Å². The Balaban J connectivity index is 1.53. The van der Waals surface area contributed by atoms with Crippen LogP contribution in [0.2, 0.25) is 0 Å². The summed E-state index contributed by atoms with van der Waals surface area (Å²) >= 11 is 0. The monoisotopic (exact) mass is 433 g/mol. The first-order valence-corrected chi connectivity index (χ1v) is 10.6. The van der Waals surface area contributed by atoms with Crippen LogP contribution in [0.5, 0.6) is 0 Å². The van der Waals surface area contributed by atoms with Gasteiger partial charge in [-0.1, -0.05) is 0 Å². The lowest BCUT2D eigenvalue weighted by molar-refractivity contribution is 0.102. The summed E-state index contributed by atoms with van der Waals surface area (Å²) in [5.74, 6) is -0.249. The quantitative estimate of drug-likeness (QED) is 0.517. The second-order valence-electron chi connectivity index (χ2n) is 8.27. The molecule has 0 aliphatic carbocycles. The van der Waals surface area contributed by atoms with Crippen LogP contribution in [0.3, 0.4) is 0 Å². The average Bonchev–Trinajstić information content (AvgIpc) is 3.13. The molecule has 1 saturated heterocycles. The van der Waals surface area contributed by atoms with Crippen molar-refractivity contribution in [1.82, 2.24) is 25.1 Å². The zero-order chi connectivity index (χ0) is 22.4. The Kier molecular flexibility index (Phi) is 4.97. The molecule has 4 aromatic rings. The van der Waals surface area contributed by atoms with Gasteiger partial charge in [0.25, 0.3) is 5.91 Å². The minimum absolute atomic E-state index is 0.272. The number of piperazine rings is 1. The Morgan fingerprint density at radius 3 is 2.94 bits per heavy atom. The predicted octanol–water partition coefficient (Wildman–Crippen LogP) is 3.01. The highest BCUT2D eigenvalue weighted by Gasteiger charge is 2.21. The van der Waals surface area contributed by atoms with Crippen molar-refractivity contribution < 1.29 is 9.18 Å². The lowest BCUT2D eigenvalue weighted by atomic mass is 10.1. The zero-order valence-electron chi connectivity index (χ0n) is 18.2. The molecule has 2 aromatic heterocycles. The third-order valence-corrected chi connectivity index (χ3v) is 5.74. The van der Waals surface area contributed by atoms with Crippen molar-refractivity contribution in [3.8, 4) is 0 Å². The van der Waals surface area contributed by atoms with E-state index in [4.69, 9.17) is 0 Å². The van der Waals surface area contributed by atoms with E-state index in [-0.39, 0.29) is 11.4 Å². The number of aromatic nitrogens is 4. The van der Waals surface area contributed by atoms with Gasteiger partial charge in [-0.2, -0.15) is 5.10 Å². The molecule has 9 heteroatoms. The van der Waals surface area contributed by atoms with Crippen LogP contribution in [0.25, 0.3) is 21.8 Å². The molecule has 1 fully saturated rings. The Bertz CT molecular complexity index is 1350. The van der Waals surface area contributed by atoms with Crippen LogP contribution in [0.1, 0.15) is 23.1 Å². The topological polar surface area (TPSA) is 88.0 Å². The molecule has 3 heterocycles. The van der Waals surface area contributed by atoms with Crippen LogP contribution in [0, 0.1) is 12.7 Å². The summed E-state index contributed by atoms with van der Waals surface area (Å²) in [7, 11) is 1.73. The maximum atomic E-state index is 14.5. The number of carbonyl (C=O) groups is 1. The van der Waals surface area contributed by atoms with E-state index >= 15 is 0 Å². The Labute approximate surface area is 184 Å². The van der Waals surface area contributed by atoms with E-state index in [2.05, 4.69) is 37.5 Å². The molecule has 2 N–H and O–H groups in total. The van der Waals surface area contributed by atoms with Gasteiger partial charge in [0.05, 0.1) is 11.1 Å². The number of anilines is 2. The summed E-state index contributed by atoms with van der Waals surface area (Å²) in [6.07, 6.45) is 3.49. The molecule has 0 bridgehead atoms. The molecule has 5 rings (SSSR count). The van der Waals surface area contributed by atoms with E-state index in [9.17, 15) is 9.18 Å². The van der Waals surface area contributed by atoms with Crippen LogP contribution in [-0.2, 0) is 7.05 Å². The van der Waals surface area contributed by atoms with Crippen LogP contribution in [0.15, 0.2) is 36.7 Å². The van der Waals surface area contributed by atoms with Crippen molar-refractivity contribution in [2.75, 3.05) is 29.9 Å². The molecule has 1 amide bonds. The number of nitrogens with zero attached hydrogens (tertiary/aromatic N) is 5. The molecule has 1 aliphatic heterocycles. The normalized spacial score (nSPS) is 16.6. The van der Waals surface area contributed by atoms with Gasteiger partial charge in [0.15, 0.2) is 5.82 Å². The summed E-state index contributed by atoms with van der Waals surface area (Å²) in [5.41, 5.74) is 2.65. The fourth-order valence-corrected chi connectivity index (χ4v) is 4.29. The number of hydrogen-bond acceptors (Lipinski definition) is 6. The number of nitrogens with one attached hydrogen (secondary N) is 2. The first-order chi connectivity index (χ1) is 15.4. The van der Waals surface area contributed by atoms with Crippen LogP contribution >= 0.6 is 0 Å². The third-order valence-electron chi connectivity index (χ3n) is 5.74. The number of halogens is 1. The largest absolute Gasteiger partial charge is 0.368 e. The van der Waals surface area contributed by atoms with Crippen LogP contribution in [0.4, 0.5) is 15.8 Å². The number of aryl methyl sites for hydroxylation is 2. The standard InChI is InChI=1S/C23H24FN7O/c1-13-11-31(7-6-25-13)20-5-4-17(22-18(20)10-26-14(2)27-22)23(32)28-16-8-15-12-30(3)29-21(15)19(24)9-16/h4-5,8-10,12-13,25H,6-7,11H2,1-3H3,(H,28,32). The fourth-order valence-electron chi connectivity index (χ4n) is 4.29. The maximum absolute atomic E-state index is 14.5. The molecule has 1 aliphatic rings. The predicted molar refractivity (Wildman–Crippen MR) is 123 cm³/mol. The second-order valence-corrected chi connectivity index (χ2v) is 8.27. The molecule has 1 unspecified atom stereocenters. The minimum Gasteiger partial charge on any atom is -0.368 e. The van der Waals surface area contributed by atoms with Gasteiger partial charge in [-0.3, -0.25) is 9.48 Å². The van der Waals surface area contributed by atoms with Crippen molar-refractivity contribution in [1.29, 1.82) is 0 Å². The number of fused-ring (bicyclic) bond motifs is 2. The third kappa shape index (κ3) is 3.64. The van der Waals surface area contributed by atoms with Crippen molar-refractivity contribution in [2.45, 2.75) is 19.9 Å². The van der Waals surface area contributed by atoms with Gasteiger partial charge in [-0.15, -0.1) is 0 Å². The highest BCUT2D eigenvalue weighted by molar-refractivity contribution is 6.14. The van der Waals surface area contributed by atoms with Gasteiger partial charge in [0.1, 0.15) is 11.3 Å². The minimum atomic E-state index is -0.482. The Hall–Kier alpha value is -3.59. The van der Waals surface area contributed by atoms with Crippen molar-refractivity contribution >= 4 is 39.1 Å². The average molecular weight is 433 g/mol. The van der Waals surface area contributed by atoms with Gasteiger partial charge in [-0.25, -0.2) is 14.4 Å². The SMILES string of the molecule is Cc1ncc2c(N3CCNC(C)C3)ccc(C(=O)Nc3cc(F)c4nn(C)cc4c3)c2n1. The van der Waals surface area contributed by atoms with E-state index in [1.807, 2.05) is 6.07 Å². The van der Waals surface area contributed by atoms with Crippen molar-refractivity contribution in [3.63, 3.8) is 0 Å². The molecule has 164 valence electrons. The van der Waals surface area contributed by atoms with Gasteiger partial charge in [0.2, 0.25) is 0 Å². The first kappa shape index (κ1) is 20.3. The van der Waals surface area contributed by atoms with Gasteiger partial charge in [0, 0.05) is 67.3 Å². The van der Waals surface area contributed by atoms with Crippen LogP contribution in [-0.4, -0.2) is 51.3 Å². The van der Waals surface area contributed by atoms with E-state index in [0.29, 0.717) is 34.0 Å². The Morgan fingerprint density at radius 2 is 2.12 bits per heavy atom. The van der Waals surface area contributed by atoms with Gasteiger partial charge < -0.3 is 15.5 Å². The summed E-state index contributed by atoms with van der Waals surface area (Å²) in [6, 6.07) is 7.09. The van der Waals surface area contributed by atoms with E-state index in [1.165, 1.54) is 6.07 Å². The number of carbonyl (C=O) groups excluding carboxylic acids is 1. The molecule has 2 aromatic carbocycles. The highest BCUT2D eigenvalue weighted by Crippen LogP contribution is 2.30. The number of rotatable bonds is 3. The highest BCUT2D eigenvalue weighted by atomic mass is 19.1. The summed E-state index contributed by atoms with van der Waals surface area (Å²) in [5, 5.41) is 11.8. The maximum Gasteiger partial charge on any atom is 0.257 e. The first-order valence-electron chi connectivity index (χ1n) is 10.6. The number of amides is 1. The number of benzene rings is 2. The molecule has 8 nitrogen and oxygen atoms in total. The molecule has 0 spiro atoms. The van der Waals surface area contributed by atoms with Crippen LogP contribution < -0.4 is 15.5 Å². The molecule has 32 heavy (non-hydrogen) atoms. The van der Waals surface area contributed by atoms with E-state index in [0.717, 1.165) is 30.7 Å². The molecular formula is C23H24FN7O. The zero-order valence-corrected chi connectivity index (χ0v) is 18.2. The number of hydrogen-bond donors (Lipinski definition) is 2. The fraction of sp³-hybridized carbons (Fsp3) is 0.304. The van der Waals surface area contributed by atoms with Gasteiger partial charge in [-0.05, 0) is 38.1 Å². The summed E-state index contributed by atoms with van der Waals surface area (Å²) < 4.78 is 16.0. The molecular weight excluding hydrogens is 409 g/mol. The lowest BCUT2D eigenvalue weighted by Crippen LogP contribution is -2.49. The lowest BCUT2D eigenvalue weighted by Gasteiger charge is -2.34. The van der Waals surface area contributed by atoms with Crippen molar-refractivity contribution in [3.05, 3.63) is 53.9 Å². The van der Waals surface area contributed by atoms with Gasteiger partial charge >= 0.3 is 0 Å². The second kappa shape index (κ2) is 7.83. The molecule has 0 radical (unpaired) electrons. The Morgan fingerprint density at radius 1 is 1.28 bits per heavy atom. The summed E-state index contributed by atoms with van der Waals surface area (Å²) in [4.78, 5) is 24.4. The molecule has 1 atom stereocenters. The van der Waals surface area contributed by atoms with Crippen molar-refractivity contribution in [2.24, 2.45) is 7.05 Å².